The fraction of sp³-hybridized carbons (Fsp3) is 0.333. The van der Waals surface area contributed by atoms with Gasteiger partial charge < -0.3 is 10.6 Å². The SMILES string of the molecule is CN(c1ccc(CN)cc1)c1ncnc2c1CCC2. The smallest absolute Gasteiger partial charge is 0.139 e. The Morgan fingerprint density at radius 3 is 2.68 bits per heavy atom. The van der Waals surface area contributed by atoms with Gasteiger partial charge in [-0.05, 0) is 37.0 Å². The Hall–Kier alpha value is -1.94. The van der Waals surface area contributed by atoms with Gasteiger partial charge in [0.2, 0.25) is 0 Å². The zero-order valence-corrected chi connectivity index (χ0v) is 11.1. The molecule has 98 valence electrons. The van der Waals surface area contributed by atoms with E-state index in [-0.39, 0.29) is 0 Å². The van der Waals surface area contributed by atoms with Crippen molar-refractivity contribution in [3.63, 3.8) is 0 Å². The van der Waals surface area contributed by atoms with Crippen LogP contribution in [0.25, 0.3) is 0 Å². The second-order valence-corrected chi connectivity index (χ2v) is 4.91. The van der Waals surface area contributed by atoms with Crippen LogP contribution in [0.4, 0.5) is 11.5 Å². The molecule has 1 heterocycles. The highest BCUT2D eigenvalue weighted by Gasteiger charge is 2.19. The summed E-state index contributed by atoms with van der Waals surface area (Å²) in [5, 5.41) is 0. The molecule has 0 spiro atoms. The molecule has 0 bridgehead atoms. The van der Waals surface area contributed by atoms with Crippen molar-refractivity contribution in [3.05, 3.63) is 47.4 Å². The standard InChI is InChI=1S/C15H18N4/c1-19(12-7-5-11(9-16)6-8-12)15-13-3-2-4-14(13)17-10-18-15/h5-8,10H,2-4,9,16H2,1H3. The number of anilines is 2. The van der Waals surface area contributed by atoms with Gasteiger partial charge in [-0.15, -0.1) is 0 Å². The minimum Gasteiger partial charge on any atom is -0.329 e. The number of benzene rings is 1. The number of hydrogen-bond acceptors (Lipinski definition) is 4. The van der Waals surface area contributed by atoms with Crippen LogP contribution < -0.4 is 10.6 Å². The van der Waals surface area contributed by atoms with Crippen LogP contribution in [0, 0.1) is 0 Å². The van der Waals surface area contributed by atoms with E-state index >= 15 is 0 Å². The van der Waals surface area contributed by atoms with Crippen molar-refractivity contribution in [2.75, 3.05) is 11.9 Å². The summed E-state index contributed by atoms with van der Waals surface area (Å²) in [6.07, 6.45) is 5.01. The fourth-order valence-corrected chi connectivity index (χ4v) is 2.61. The van der Waals surface area contributed by atoms with Gasteiger partial charge in [-0.1, -0.05) is 12.1 Å². The minimum atomic E-state index is 0.576. The highest BCUT2D eigenvalue weighted by atomic mass is 15.2. The second kappa shape index (κ2) is 4.97. The Balaban J connectivity index is 1.95. The van der Waals surface area contributed by atoms with Gasteiger partial charge in [0.1, 0.15) is 12.1 Å². The summed E-state index contributed by atoms with van der Waals surface area (Å²) in [7, 11) is 2.05. The lowest BCUT2D eigenvalue weighted by molar-refractivity contribution is 0.899. The van der Waals surface area contributed by atoms with E-state index < -0.39 is 0 Å². The van der Waals surface area contributed by atoms with E-state index in [0.717, 1.165) is 29.9 Å². The molecule has 1 aromatic carbocycles. The molecule has 0 radical (unpaired) electrons. The fourth-order valence-electron chi connectivity index (χ4n) is 2.61. The van der Waals surface area contributed by atoms with E-state index in [0.29, 0.717) is 6.54 Å². The molecule has 3 rings (SSSR count). The van der Waals surface area contributed by atoms with E-state index in [2.05, 4.69) is 46.2 Å². The Morgan fingerprint density at radius 2 is 1.95 bits per heavy atom. The third kappa shape index (κ3) is 2.19. The number of aromatic nitrogens is 2. The van der Waals surface area contributed by atoms with Crippen LogP contribution in [-0.4, -0.2) is 17.0 Å². The van der Waals surface area contributed by atoms with Gasteiger partial charge in [0.15, 0.2) is 0 Å². The van der Waals surface area contributed by atoms with Crippen LogP contribution in [0.3, 0.4) is 0 Å². The molecule has 0 aliphatic heterocycles. The number of aryl methyl sites for hydroxylation is 1. The van der Waals surface area contributed by atoms with Gasteiger partial charge in [0.25, 0.3) is 0 Å². The van der Waals surface area contributed by atoms with Crippen molar-refractivity contribution in [2.45, 2.75) is 25.8 Å². The zero-order valence-electron chi connectivity index (χ0n) is 11.1. The van der Waals surface area contributed by atoms with E-state index in [1.54, 1.807) is 6.33 Å². The van der Waals surface area contributed by atoms with Gasteiger partial charge in [-0.2, -0.15) is 0 Å². The summed E-state index contributed by atoms with van der Waals surface area (Å²) in [6.45, 7) is 0.576. The molecular formula is C15H18N4. The maximum absolute atomic E-state index is 5.63. The van der Waals surface area contributed by atoms with Crippen LogP contribution in [0.15, 0.2) is 30.6 Å². The molecule has 0 saturated carbocycles. The van der Waals surface area contributed by atoms with Crippen molar-refractivity contribution >= 4 is 11.5 Å². The zero-order chi connectivity index (χ0) is 13.2. The maximum Gasteiger partial charge on any atom is 0.139 e. The van der Waals surface area contributed by atoms with Crippen molar-refractivity contribution in [1.29, 1.82) is 0 Å². The molecular weight excluding hydrogens is 236 g/mol. The number of rotatable bonds is 3. The molecule has 2 N–H and O–H groups in total. The quantitative estimate of drug-likeness (QED) is 0.912. The van der Waals surface area contributed by atoms with Gasteiger partial charge in [0.05, 0.1) is 0 Å². The number of fused-ring (bicyclic) bond motifs is 1. The molecule has 19 heavy (non-hydrogen) atoms. The molecule has 0 fully saturated rings. The lowest BCUT2D eigenvalue weighted by atomic mass is 10.2. The van der Waals surface area contributed by atoms with Gasteiger partial charge in [0, 0.05) is 30.5 Å². The lowest BCUT2D eigenvalue weighted by Crippen LogP contribution is -2.14. The van der Waals surface area contributed by atoms with Crippen LogP contribution in [0.5, 0.6) is 0 Å². The average Bonchev–Trinajstić information content (AvgIpc) is 2.95. The van der Waals surface area contributed by atoms with Gasteiger partial charge in [-0.3, -0.25) is 0 Å². The highest BCUT2D eigenvalue weighted by molar-refractivity contribution is 5.63. The first-order valence-electron chi connectivity index (χ1n) is 6.65. The van der Waals surface area contributed by atoms with Gasteiger partial charge in [-0.25, -0.2) is 9.97 Å². The van der Waals surface area contributed by atoms with E-state index in [1.807, 2.05) is 0 Å². The molecule has 0 unspecified atom stereocenters. The molecule has 4 nitrogen and oxygen atoms in total. The summed E-state index contributed by atoms with van der Waals surface area (Å²) in [5.41, 5.74) is 10.4. The third-order valence-electron chi connectivity index (χ3n) is 3.73. The average molecular weight is 254 g/mol. The molecule has 2 aromatic rings. The van der Waals surface area contributed by atoms with Crippen molar-refractivity contribution in [3.8, 4) is 0 Å². The summed E-state index contributed by atoms with van der Waals surface area (Å²) in [4.78, 5) is 11.0. The third-order valence-corrected chi connectivity index (χ3v) is 3.73. The monoisotopic (exact) mass is 254 g/mol. The van der Waals surface area contributed by atoms with E-state index in [9.17, 15) is 0 Å². The first-order valence-corrected chi connectivity index (χ1v) is 6.65. The number of hydrogen-bond donors (Lipinski definition) is 1. The van der Waals surface area contributed by atoms with Crippen LogP contribution >= 0.6 is 0 Å². The van der Waals surface area contributed by atoms with Crippen molar-refractivity contribution < 1.29 is 0 Å². The predicted octanol–water partition coefficient (Wildman–Crippen LogP) is 2.19. The number of nitrogens with two attached hydrogens (primary N) is 1. The molecule has 1 aromatic heterocycles. The molecule has 4 heteroatoms. The molecule has 1 aliphatic rings. The summed E-state index contributed by atoms with van der Waals surface area (Å²) < 4.78 is 0. The molecule has 1 aliphatic carbocycles. The molecule has 0 atom stereocenters. The number of nitrogens with zero attached hydrogens (tertiary/aromatic N) is 3. The Morgan fingerprint density at radius 1 is 1.16 bits per heavy atom. The first kappa shape index (κ1) is 12.1. The Kier molecular flexibility index (Phi) is 3.17. The van der Waals surface area contributed by atoms with Crippen molar-refractivity contribution in [2.24, 2.45) is 5.73 Å². The first-order chi connectivity index (χ1) is 9.29. The normalized spacial score (nSPS) is 13.4. The minimum absolute atomic E-state index is 0.576. The van der Waals surface area contributed by atoms with Crippen LogP contribution in [0.1, 0.15) is 23.2 Å². The molecule has 0 saturated heterocycles. The van der Waals surface area contributed by atoms with Gasteiger partial charge >= 0.3 is 0 Å². The lowest BCUT2D eigenvalue weighted by Gasteiger charge is -2.21. The van der Waals surface area contributed by atoms with Crippen molar-refractivity contribution in [1.82, 2.24) is 9.97 Å². The van der Waals surface area contributed by atoms with Crippen LogP contribution in [-0.2, 0) is 19.4 Å². The summed E-state index contributed by atoms with van der Waals surface area (Å²) >= 11 is 0. The van der Waals surface area contributed by atoms with E-state index in [1.165, 1.54) is 17.7 Å². The van der Waals surface area contributed by atoms with Crippen LogP contribution in [0.2, 0.25) is 0 Å². The predicted molar refractivity (Wildman–Crippen MR) is 76.5 cm³/mol. The largest absolute Gasteiger partial charge is 0.329 e. The Labute approximate surface area is 113 Å². The Bertz CT molecular complexity index is 577. The maximum atomic E-state index is 5.63. The molecule has 0 amide bonds. The summed E-state index contributed by atoms with van der Waals surface area (Å²) in [5.74, 6) is 1.03. The topological polar surface area (TPSA) is 55.0 Å². The summed E-state index contributed by atoms with van der Waals surface area (Å²) in [6, 6.07) is 8.30. The second-order valence-electron chi connectivity index (χ2n) is 4.91. The highest BCUT2D eigenvalue weighted by Crippen LogP contribution is 2.31. The van der Waals surface area contributed by atoms with E-state index in [4.69, 9.17) is 5.73 Å².